The second kappa shape index (κ2) is 16.5. The molecule has 0 aromatic rings. The van der Waals surface area contributed by atoms with E-state index in [-0.39, 0.29) is 27.7 Å². The first kappa shape index (κ1) is 42.9. The van der Waals surface area contributed by atoms with Gasteiger partial charge < -0.3 is 14.0 Å². The lowest BCUT2D eigenvalue weighted by Crippen LogP contribution is -2.48. The van der Waals surface area contributed by atoms with E-state index >= 15 is 0 Å². The number of Topliss-reactive ketones (excluding diaryl/α,β-unsaturated/α-hetero) is 1. The van der Waals surface area contributed by atoms with Crippen LogP contribution in [0.2, 0.25) is 36.3 Å². The van der Waals surface area contributed by atoms with Gasteiger partial charge in [-0.1, -0.05) is 117 Å². The van der Waals surface area contributed by atoms with Crippen molar-refractivity contribution in [2.24, 2.45) is 28.6 Å². The first-order valence-corrected chi connectivity index (χ1v) is 27.0. The average molecular weight is 741 g/mol. The van der Waals surface area contributed by atoms with Crippen LogP contribution in [-0.4, -0.2) is 45.8 Å². The van der Waals surface area contributed by atoms with Crippen molar-refractivity contribution in [1.82, 2.24) is 0 Å². The van der Waals surface area contributed by atoms with Crippen molar-refractivity contribution in [1.29, 1.82) is 0 Å². The van der Waals surface area contributed by atoms with Crippen molar-refractivity contribution in [3.8, 4) is 0 Å². The molecule has 0 unspecified atom stereocenters. The summed E-state index contributed by atoms with van der Waals surface area (Å²) in [7, 11) is -3.82. The molecule has 4 saturated carbocycles. The van der Waals surface area contributed by atoms with Crippen LogP contribution in [0.4, 0.5) is 0 Å². The Balaban J connectivity index is 1.47. The maximum Gasteiger partial charge on any atom is 0.192 e. The Morgan fingerprint density at radius 3 is 2.00 bits per heavy atom. The molecular weight excluding hydrogens is 661 g/mol. The first-order chi connectivity index (χ1) is 23.6. The molecule has 4 rings (SSSR count). The van der Waals surface area contributed by atoms with Gasteiger partial charge in [0.25, 0.3) is 0 Å². The lowest BCUT2D eigenvalue weighted by atomic mass is 9.61. The summed E-state index contributed by atoms with van der Waals surface area (Å²) >= 11 is 0. The fourth-order valence-electron chi connectivity index (χ4n) is 9.43. The fraction of sp³-hybridized carbons (Fsp3) is 0.844. The Morgan fingerprint density at radius 2 is 1.47 bits per heavy atom. The molecule has 51 heavy (non-hydrogen) atoms. The summed E-state index contributed by atoms with van der Waals surface area (Å²) in [5.41, 5.74) is 2.93. The highest BCUT2D eigenvalue weighted by atomic mass is 28.4. The SMILES string of the molecule is CCCCCCC(=O)C1([C@H](O)/C=C/[C@@H](C)[C@H]2CC[C@H]3/C(=C/C=C4C[C@@H](O[Si](C)(C)C(C)(C)C)C[C@H](O[Si](C)(C)C(C)(C)C)C4)CCC[C@]23C)CC1. The minimum Gasteiger partial charge on any atom is -0.414 e. The monoisotopic (exact) mass is 741 g/mol. The van der Waals surface area contributed by atoms with E-state index < -0.39 is 28.2 Å². The van der Waals surface area contributed by atoms with Crippen LogP contribution in [0.5, 0.6) is 0 Å². The maximum absolute atomic E-state index is 13.1. The van der Waals surface area contributed by atoms with Crippen LogP contribution < -0.4 is 0 Å². The predicted molar refractivity (Wildman–Crippen MR) is 222 cm³/mol. The summed E-state index contributed by atoms with van der Waals surface area (Å²) in [6.45, 7) is 30.8. The number of hydrogen-bond acceptors (Lipinski definition) is 4. The summed E-state index contributed by atoms with van der Waals surface area (Å²) in [5, 5.41) is 11.6. The maximum atomic E-state index is 13.1. The van der Waals surface area contributed by atoms with Gasteiger partial charge in [0.05, 0.1) is 23.7 Å². The van der Waals surface area contributed by atoms with Crippen LogP contribution in [0, 0.1) is 28.6 Å². The van der Waals surface area contributed by atoms with E-state index in [4.69, 9.17) is 8.85 Å². The van der Waals surface area contributed by atoms with Crippen molar-refractivity contribution < 1.29 is 18.8 Å². The number of rotatable bonds is 15. The van der Waals surface area contributed by atoms with Crippen LogP contribution >= 0.6 is 0 Å². The van der Waals surface area contributed by atoms with Gasteiger partial charge >= 0.3 is 0 Å². The van der Waals surface area contributed by atoms with Gasteiger partial charge in [-0.25, -0.2) is 0 Å². The third kappa shape index (κ3) is 10.1. The molecule has 7 atom stereocenters. The first-order valence-electron chi connectivity index (χ1n) is 21.2. The molecule has 6 heteroatoms. The van der Waals surface area contributed by atoms with Gasteiger partial charge in [0, 0.05) is 6.42 Å². The molecule has 0 saturated heterocycles. The fourth-order valence-corrected chi connectivity index (χ4v) is 12.2. The van der Waals surface area contributed by atoms with Crippen LogP contribution in [0.1, 0.15) is 159 Å². The zero-order chi connectivity index (χ0) is 38.0. The van der Waals surface area contributed by atoms with E-state index in [0.717, 1.165) is 44.9 Å². The Kier molecular flexibility index (Phi) is 13.9. The molecule has 0 aromatic carbocycles. The Bertz CT molecular complexity index is 1240. The normalized spacial score (nSPS) is 30.8. The molecule has 0 radical (unpaired) electrons. The number of carbonyl (C=O) groups is 1. The zero-order valence-corrected chi connectivity index (χ0v) is 37.6. The number of carbonyl (C=O) groups excluding carboxylic acids is 1. The molecule has 0 spiro atoms. The second-order valence-corrected chi connectivity index (χ2v) is 30.4. The minimum atomic E-state index is -1.91. The van der Waals surface area contributed by atoms with Crippen LogP contribution in [0.15, 0.2) is 35.5 Å². The van der Waals surface area contributed by atoms with E-state index in [1.165, 1.54) is 50.5 Å². The number of hydrogen-bond donors (Lipinski definition) is 1. The van der Waals surface area contributed by atoms with Crippen LogP contribution in [-0.2, 0) is 13.6 Å². The average Bonchev–Trinajstić information content (AvgIpc) is 3.75. The second-order valence-electron chi connectivity index (χ2n) is 20.9. The molecule has 0 aliphatic heterocycles. The number of aliphatic hydroxyl groups excluding tert-OH is 1. The van der Waals surface area contributed by atoms with E-state index in [1.54, 1.807) is 5.57 Å². The molecule has 292 valence electrons. The smallest absolute Gasteiger partial charge is 0.192 e. The van der Waals surface area contributed by atoms with Crippen molar-refractivity contribution in [2.45, 2.75) is 213 Å². The molecule has 0 heterocycles. The number of aliphatic hydroxyl groups is 1. The van der Waals surface area contributed by atoms with Crippen molar-refractivity contribution in [2.75, 3.05) is 0 Å². The summed E-state index contributed by atoms with van der Waals surface area (Å²) in [6.07, 6.45) is 25.2. The number of unbranched alkanes of at least 4 members (excludes halogenated alkanes) is 3. The van der Waals surface area contributed by atoms with Gasteiger partial charge in [-0.15, -0.1) is 0 Å². The molecule has 4 nitrogen and oxygen atoms in total. The largest absolute Gasteiger partial charge is 0.414 e. The number of allylic oxidation sites excluding steroid dienone is 4. The van der Waals surface area contributed by atoms with E-state index in [2.05, 4.69) is 107 Å². The van der Waals surface area contributed by atoms with E-state index in [1.807, 2.05) is 6.08 Å². The van der Waals surface area contributed by atoms with Gasteiger partial charge in [-0.2, -0.15) is 0 Å². The molecule has 0 aromatic heterocycles. The predicted octanol–water partition coefficient (Wildman–Crippen LogP) is 12.9. The van der Waals surface area contributed by atoms with Crippen LogP contribution in [0.25, 0.3) is 0 Å². The standard InChI is InChI=1S/C45H80O4Si2/c1-14-15-16-17-20-40(46)45(28-29-45)41(47)26-21-33(2)38-24-25-39-35(19-18-27-44(38,39)9)23-22-34-30-36(48-50(10,11)42(3,4)5)32-37(31-34)49-51(12,13)43(6,7)8/h21-23,26,33,36-39,41,47H,14-20,24-25,27-32H2,1-13H3/b26-21+,35-23+/t33-,36-,37-,38-,39+,41-,44-/m1/s1. The van der Waals surface area contributed by atoms with Crippen molar-refractivity contribution in [3.05, 3.63) is 35.5 Å². The van der Waals surface area contributed by atoms with Gasteiger partial charge in [0.2, 0.25) is 0 Å². The molecule has 4 fully saturated rings. The molecular formula is C45H80O4Si2. The Hall–Kier alpha value is -0.796. The highest BCUT2D eigenvalue weighted by molar-refractivity contribution is 6.74. The minimum absolute atomic E-state index is 0.187. The molecule has 4 aliphatic rings. The summed E-state index contributed by atoms with van der Waals surface area (Å²) in [6, 6.07) is 0. The Morgan fingerprint density at radius 1 is 0.882 bits per heavy atom. The van der Waals surface area contributed by atoms with Crippen molar-refractivity contribution >= 4 is 22.4 Å². The lowest BCUT2D eigenvalue weighted by molar-refractivity contribution is -0.127. The van der Waals surface area contributed by atoms with Crippen molar-refractivity contribution in [3.63, 3.8) is 0 Å². The van der Waals surface area contributed by atoms with E-state index in [0.29, 0.717) is 30.0 Å². The third-order valence-electron chi connectivity index (χ3n) is 15.0. The Labute approximate surface area is 317 Å². The molecule has 0 bridgehead atoms. The zero-order valence-electron chi connectivity index (χ0n) is 35.6. The topological polar surface area (TPSA) is 55.8 Å². The van der Waals surface area contributed by atoms with Crippen LogP contribution in [0.3, 0.4) is 0 Å². The summed E-state index contributed by atoms with van der Waals surface area (Å²) in [4.78, 5) is 13.1. The molecule has 4 aliphatic carbocycles. The highest BCUT2D eigenvalue weighted by Gasteiger charge is 2.54. The summed E-state index contributed by atoms with van der Waals surface area (Å²) < 4.78 is 14.2. The third-order valence-corrected chi connectivity index (χ3v) is 24.1. The lowest BCUT2D eigenvalue weighted by Gasteiger charge is -2.45. The van der Waals surface area contributed by atoms with E-state index in [9.17, 15) is 9.90 Å². The van der Waals surface area contributed by atoms with Gasteiger partial charge in [-0.3, -0.25) is 4.79 Å². The highest BCUT2D eigenvalue weighted by Crippen LogP contribution is 2.60. The summed E-state index contributed by atoms with van der Waals surface area (Å²) in [5.74, 6) is 1.90. The number of ketones is 1. The molecule has 1 N–H and O–H groups in total. The van der Waals surface area contributed by atoms with Gasteiger partial charge in [0.1, 0.15) is 5.78 Å². The van der Waals surface area contributed by atoms with Gasteiger partial charge in [-0.05, 0) is 130 Å². The van der Waals surface area contributed by atoms with Gasteiger partial charge in [0.15, 0.2) is 16.6 Å². The quantitative estimate of drug-likeness (QED) is 0.103. The molecule has 0 amide bonds. The number of fused-ring (bicyclic) bond motifs is 1.